The Kier molecular flexibility index (Phi) is 4.75. The lowest BCUT2D eigenvalue weighted by atomic mass is 9.91. The van der Waals surface area contributed by atoms with Crippen LogP contribution in [0.1, 0.15) is 23.2 Å². The third kappa shape index (κ3) is 3.77. The number of nitrogens with one attached hydrogen (secondary N) is 2. The van der Waals surface area contributed by atoms with Crippen LogP contribution < -0.4 is 14.8 Å². The van der Waals surface area contributed by atoms with Crippen molar-refractivity contribution in [1.82, 2.24) is 10.3 Å². The Morgan fingerprint density at radius 3 is 2.74 bits per heavy atom. The van der Waals surface area contributed by atoms with Crippen molar-refractivity contribution in [3.05, 3.63) is 59.3 Å². The molecule has 5 nitrogen and oxygen atoms in total. The number of carbonyl (C=O) groups is 1. The standard InChI is InChI=1S/C22H24N2O3/c1-14-3-6-16(7-4-14)27-13-22(25)23-15-5-9-20-18(11-15)19-12-17(26-2)8-10-21(19)24-20/h3-4,6-8,10,12,15,24H,5,9,11,13H2,1-2H3,(H,23,25). The van der Waals surface area contributed by atoms with Crippen molar-refractivity contribution in [2.75, 3.05) is 13.7 Å². The number of benzene rings is 2. The summed E-state index contributed by atoms with van der Waals surface area (Å²) in [6.45, 7) is 2.06. The second kappa shape index (κ2) is 7.35. The molecule has 0 fully saturated rings. The number of rotatable bonds is 5. The van der Waals surface area contributed by atoms with Crippen molar-refractivity contribution in [2.24, 2.45) is 0 Å². The number of methoxy groups -OCH3 is 1. The van der Waals surface area contributed by atoms with Crippen molar-refractivity contribution in [1.29, 1.82) is 0 Å². The first-order valence-electron chi connectivity index (χ1n) is 9.28. The van der Waals surface area contributed by atoms with E-state index in [4.69, 9.17) is 9.47 Å². The van der Waals surface area contributed by atoms with Gasteiger partial charge >= 0.3 is 0 Å². The van der Waals surface area contributed by atoms with Crippen LogP contribution >= 0.6 is 0 Å². The zero-order valence-electron chi connectivity index (χ0n) is 15.7. The molecule has 4 rings (SSSR count). The summed E-state index contributed by atoms with van der Waals surface area (Å²) in [7, 11) is 1.68. The first-order valence-corrected chi connectivity index (χ1v) is 9.28. The molecule has 1 unspecified atom stereocenters. The maximum absolute atomic E-state index is 12.3. The van der Waals surface area contributed by atoms with Gasteiger partial charge in [-0.3, -0.25) is 4.79 Å². The van der Waals surface area contributed by atoms with E-state index in [1.807, 2.05) is 37.3 Å². The second-order valence-electron chi connectivity index (χ2n) is 7.10. The zero-order chi connectivity index (χ0) is 18.8. The molecular formula is C22H24N2O3. The fraction of sp³-hybridized carbons (Fsp3) is 0.318. The van der Waals surface area contributed by atoms with Crippen molar-refractivity contribution in [3.63, 3.8) is 0 Å². The van der Waals surface area contributed by atoms with Gasteiger partial charge in [0.15, 0.2) is 6.61 Å². The monoisotopic (exact) mass is 364 g/mol. The van der Waals surface area contributed by atoms with Gasteiger partial charge in [-0.1, -0.05) is 17.7 Å². The molecule has 5 heteroatoms. The summed E-state index contributed by atoms with van der Waals surface area (Å²) in [5.41, 5.74) is 4.83. The zero-order valence-corrected chi connectivity index (χ0v) is 15.7. The van der Waals surface area contributed by atoms with Gasteiger partial charge < -0.3 is 19.8 Å². The fourth-order valence-electron chi connectivity index (χ4n) is 3.70. The molecule has 0 aliphatic heterocycles. The largest absolute Gasteiger partial charge is 0.497 e. The van der Waals surface area contributed by atoms with Gasteiger partial charge in [0.25, 0.3) is 5.91 Å². The van der Waals surface area contributed by atoms with Gasteiger partial charge in [0.05, 0.1) is 7.11 Å². The normalized spacial score (nSPS) is 16.0. The number of aromatic nitrogens is 1. The van der Waals surface area contributed by atoms with E-state index < -0.39 is 0 Å². The Bertz CT molecular complexity index is 960. The molecule has 1 aliphatic rings. The van der Waals surface area contributed by atoms with E-state index in [-0.39, 0.29) is 18.6 Å². The Morgan fingerprint density at radius 2 is 1.96 bits per heavy atom. The number of ether oxygens (including phenoxy) is 2. The van der Waals surface area contributed by atoms with Crippen molar-refractivity contribution < 1.29 is 14.3 Å². The van der Waals surface area contributed by atoms with Gasteiger partial charge in [-0.2, -0.15) is 0 Å². The van der Waals surface area contributed by atoms with Crippen LogP contribution in [0.3, 0.4) is 0 Å². The van der Waals surface area contributed by atoms with Crippen LogP contribution in [-0.2, 0) is 17.6 Å². The average molecular weight is 364 g/mol. The molecule has 0 saturated carbocycles. The molecule has 0 bridgehead atoms. The van der Waals surface area contributed by atoms with Crippen LogP contribution in [-0.4, -0.2) is 30.6 Å². The van der Waals surface area contributed by atoms with E-state index in [0.717, 1.165) is 30.5 Å². The van der Waals surface area contributed by atoms with Crippen LogP contribution in [0.5, 0.6) is 11.5 Å². The summed E-state index contributed by atoms with van der Waals surface area (Å²) >= 11 is 0. The first-order chi connectivity index (χ1) is 13.1. The van der Waals surface area contributed by atoms with Gasteiger partial charge in [-0.15, -0.1) is 0 Å². The predicted octanol–water partition coefficient (Wildman–Crippen LogP) is 3.54. The third-order valence-electron chi connectivity index (χ3n) is 5.15. The Balaban J connectivity index is 1.40. The number of fused-ring (bicyclic) bond motifs is 3. The number of carbonyl (C=O) groups excluding carboxylic acids is 1. The van der Waals surface area contributed by atoms with E-state index in [1.54, 1.807) is 7.11 Å². The van der Waals surface area contributed by atoms with E-state index in [1.165, 1.54) is 22.2 Å². The molecule has 140 valence electrons. The number of hydrogen-bond donors (Lipinski definition) is 2. The van der Waals surface area contributed by atoms with Gasteiger partial charge in [0, 0.05) is 22.6 Å². The second-order valence-corrected chi connectivity index (χ2v) is 7.10. The van der Waals surface area contributed by atoms with Crippen LogP contribution in [0.25, 0.3) is 10.9 Å². The quantitative estimate of drug-likeness (QED) is 0.728. The maximum Gasteiger partial charge on any atom is 0.258 e. The molecule has 1 aliphatic carbocycles. The van der Waals surface area contributed by atoms with E-state index in [2.05, 4.69) is 22.4 Å². The smallest absolute Gasteiger partial charge is 0.258 e. The van der Waals surface area contributed by atoms with Crippen molar-refractivity contribution in [3.8, 4) is 11.5 Å². The lowest BCUT2D eigenvalue weighted by molar-refractivity contribution is -0.123. The summed E-state index contributed by atoms with van der Waals surface area (Å²) in [6, 6.07) is 13.9. The number of amides is 1. The van der Waals surface area contributed by atoms with E-state index >= 15 is 0 Å². The van der Waals surface area contributed by atoms with Gasteiger partial charge in [0.2, 0.25) is 0 Å². The van der Waals surface area contributed by atoms with Gasteiger partial charge in [0.1, 0.15) is 11.5 Å². The van der Waals surface area contributed by atoms with Gasteiger partial charge in [-0.05, 0) is 62.1 Å². The first kappa shape index (κ1) is 17.5. The highest BCUT2D eigenvalue weighted by molar-refractivity contribution is 5.86. The van der Waals surface area contributed by atoms with Crippen molar-refractivity contribution >= 4 is 16.8 Å². The van der Waals surface area contributed by atoms with Crippen molar-refractivity contribution in [2.45, 2.75) is 32.2 Å². The molecular weight excluding hydrogens is 340 g/mol. The number of H-pyrrole nitrogens is 1. The summed E-state index contributed by atoms with van der Waals surface area (Å²) in [5.74, 6) is 1.48. The summed E-state index contributed by atoms with van der Waals surface area (Å²) < 4.78 is 10.9. The summed E-state index contributed by atoms with van der Waals surface area (Å²) in [4.78, 5) is 15.8. The van der Waals surface area contributed by atoms with E-state index in [0.29, 0.717) is 5.75 Å². The Labute approximate surface area is 158 Å². The molecule has 0 radical (unpaired) electrons. The number of hydrogen-bond acceptors (Lipinski definition) is 3. The van der Waals surface area contributed by atoms with Crippen LogP contribution in [0.2, 0.25) is 0 Å². The van der Waals surface area contributed by atoms with Crippen LogP contribution in [0.15, 0.2) is 42.5 Å². The molecule has 27 heavy (non-hydrogen) atoms. The summed E-state index contributed by atoms with van der Waals surface area (Å²) in [5, 5.41) is 4.30. The highest BCUT2D eigenvalue weighted by atomic mass is 16.5. The molecule has 1 heterocycles. The highest BCUT2D eigenvalue weighted by Gasteiger charge is 2.24. The molecule has 2 N–H and O–H groups in total. The molecule has 3 aromatic rings. The van der Waals surface area contributed by atoms with Crippen LogP contribution in [0.4, 0.5) is 0 Å². The van der Waals surface area contributed by atoms with Crippen LogP contribution in [0, 0.1) is 6.92 Å². The molecule has 0 spiro atoms. The Hall–Kier alpha value is -2.95. The lowest BCUT2D eigenvalue weighted by Gasteiger charge is -2.23. The molecule has 2 aromatic carbocycles. The third-order valence-corrected chi connectivity index (χ3v) is 5.15. The minimum absolute atomic E-state index is 0.0358. The lowest BCUT2D eigenvalue weighted by Crippen LogP contribution is -2.41. The Morgan fingerprint density at radius 1 is 1.19 bits per heavy atom. The molecule has 1 amide bonds. The minimum atomic E-state index is -0.0820. The van der Waals surface area contributed by atoms with E-state index in [9.17, 15) is 4.79 Å². The summed E-state index contributed by atoms with van der Waals surface area (Å²) in [6.07, 6.45) is 2.67. The molecule has 1 atom stereocenters. The fourth-order valence-corrected chi connectivity index (χ4v) is 3.70. The predicted molar refractivity (Wildman–Crippen MR) is 105 cm³/mol. The minimum Gasteiger partial charge on any atom is -0.497 e. The molecule has 1 aromatic heterocycles. The number of aryl methyl sites for hydroxylation is 2. The highest BCUT2D eigenvalue weighted by Crippen LogP contribution is 2.31. The van der Waals surface area contributed by atoms with Gasteiger partial charge in [-0.25, -0.2) is 0 Å². The topological polar surface area (TPSA) is 63.3 Å². The average Bonchev–Trinajstić information content (AvgIpc) is 3.04. The molecule has 0 saturated heterocycles. The number of aromatic amines is 1. The maximum atomic E-state index is 12.3. The SMILES string of the molecule is COc1ccc2[nH]c3c(c2c1)CC(NC(=O)COc1ccc(C)cc1)CC3.